The average molecular weight is 302 g/mol. The monoisotopic (exact) mass is 302 g/mol. The molecule has 1 aliphatic heterocycles. The minimum Gasteiger partial charge on any atom is -0.480 e. The number of hydrogen-bond donors (Lipinski definition) is 2. The third kappa shape index (κ3) is 4.40. The molecular weight excluding hydrogens is 280 g/mol. The molecule has 0 saturated carbocycles. The van der Waals surface area contributed by atoms with E-state index in [9.17, 15) is 14.4 Å². The number of hydrogen-bond acceptors (Lipinski definition) is 4. The lowest BCUT2D eigenvalue weighted by Crippen LogP contribution is -2.52. The fourth-order valence-electron chi connectivity index (χ4n) is 2.07. The Morgan fingerprint density at radius 1 is 1.40 bits per heavy atom. The van der Waals surface area contributed by atoms with Gasteiger partial charge in [0, 0.05) is 12.2 Å². The molecule has 0 bridgehead atoms. The van der Waals surface area contributed by atoms with E-state index in [1.165, 1.54) is 16.7 Å². The van der Waals surface area contributed by atoms with E-state index in [1.807, 2.05) is 13.8 Å². The summed E-state index contributed by atoms with van der Waals surface area (Å²) < 4.78 is 0. The SMILES string of the molecule is CCC(=O)N1CSCC1C(=O)N[C@H](CC(C)C)C(=O)O. The van der Waals surface area contributed by atoms with Crippen LogP contribution in [0.2, 0.25) is 0 Å². The molecule has 0 aromatic carbocycles. The van der Waals surface area contributed by atoms with Crippen LogP contribution < -0.4 is 5.32 Å². The van der Waals surface area contributed by atoms with Crippen molar-refractivity contribution in [2.75, 3.05) is 11.6 Å². The van der Waals surface area contributed by atoms with E-state index >= 15 is 0 Å². The van der Waals surface area contributed by atoms with Gasteiger partial charge in [0.1, 0.15) is 12.1 Å². The Hall–Kier alpha value is -1.24. The van der Waals surface area contributed by atoms with Crippen LogP contribution in [-0.2, 0) is 14.4 Å². The molecule has 1 heterocycles. The van der Waals surface area contributed by atoms with E-state index < -0.39 is 18.1 Å². The van der Waals surface area contributed by atoms with Crippen LogP contribution in [0.25, 0.3) is 0 Å². The molecule has 2 atom stereocenters. The average Bonchev–Trinajstić information content (AvgIpc) is 2.85. The molecular formula is C13H22N2O4S. The van der Waals surface area contributed by atoms with Crippen LogP contribution in [0, 0.1) is 5.92 Å². The van der Waals surface area contributed by atoms with E-state index in [2.05, 4.69) is 5.32 Å². The maximum Gasteiger partial charge on any atom is 0.326 e. The van der Waals surface area contributed by atoms with E-state index in [-0.39, 0.29) is 17.7 Å². The first-order valence-corrected chi connectivity index (χ1v) is 7.92. The summed E-state index contributed by atoms with van der Waals surface area (Å²) in [7, 11) is 0. The van der Waals surface area contributed by atoms with Gasteiger partial charge < -0.3 is 15.3 Å². The van der Waals surface area contributed by atoms with Crippen LogP contribution in [0.3, 0.4) is 0 Å². The topological polar surface area (TPSA) is 86.7 Å². The summed E-state index contributed by atoms with van der Waals surface area (Å²) in [5.41, 5.74) is 0. The molecule has 0 aromatic rings. The first-order valence-electron chi connectivity index (χ1n) is 6.77. The number of carboxylic acid groups (broad SMARTS) is 1. The molecule has 2 N–H and O–H groups in total. The minimum absolute atomic E-state index is 0.0779. The summed E-state index contributed by atoms with van der Waals surface area (Å²) in [4.78, 5) is 36.6. The van der Waals surface area contributed by atoms with Gasteiger partial charge in [0.15, 0.2) is 0 Å². The van der Waals surface area contributed by atoms with Crippen molar-refractivity contribution in [2.24, 2.45) is 5.92 Å². The van der Waals surface area contributed by atoms with Crippen LogP contribution >= 0.6 is 11.8 Å². The van der Waals surface area contributed by atoms with Gasteiger partial charge in [0.05, 0.1) is 5.88 Å². The summed E-state index contributed by atoms with van der Waals surface area (Å²) in [6, 6.07) is -1.45. The Kier molecular flexibility index (Phi) is 6.32. The molecule has 0 aliphatic carbocycles. The first-order chi connectivity index (χ1) is 9.36. The quantitative estimate of drug-likeness (QED) is 0.761. The smallest absolute Gasteiger partial charge is 0.326 e. The Balaban J connectivity index is 2.68. The molecule has 7 heteroatoms. The highest BCUT2D eigenvalue weighted by Crippen LogP contribution is 2.22. The summed E-state index contributed by atoms with van der Waals surface area (Å²) >= 11 is 1.51. The fraction of sp³-hybridized carbons (Fsp3) is 0.769. The third-order valence-corrected chi connectivity index (χ3v) is 4.14. The van der Waals surface area contributed by atoms with E-state index in [4.69, 9.17) is 5.11 Å². The van der Waals surface area contributed by atoms with E-state index in [1.54, 1.807) is 6.92 Å². The maximum atomic E-state index is 12.2. The Morgan fingerprint density at radius 2 is 2.05 bits per heavy atom. The van der Waals surface area contributed by atoms with Crippen molar-refractivity contribution in [1.29, 1.82) is 0 Å². The summed E-state index contributed by atoms with van der Waals surface area (Å²) in [5, 5.41) is 11.7. The van der Waals surface area contributed by atoms with Gasteiger partial charge in [-0.3, -0.25) is 9.59 Å². The fourth-order valence-corrected chi connectivity index (χ4v) is 3.25. The Bertz CT molecular complexity index is 387. The molecule has 0 radical (unpaired) electrons. The van der Waals surface area contributed by atoms with Gasteiger partial charge in [-0.25, -0.2) is 4.79 Å². The first kappa shape index (κ1) is 16.8. The number of carbonyl (C=O) groups excluding carboxylic acids is 2. The zero-order valence-corrected chi connectivity index (χ0v) is 12.9. The van der Waals surface area contributed by atoms with Crippen molar-refractivity contribution in [1.82, 2.24) is 10.2 Å². The van der Waals surface area contributed by atoms with Crippen LogP contribution in [0.1, 0.15) is 33.6 Å². The highest BCUT2D eigenvalue weighted by molar-refractivity contribution is 7.99. The predicted molar refractivity (Wildman–Crippen MR) is 77.3 cm³/mol. The zero-order chi connectivity index (χ0) is 15.3. The molecule has 1 saturated heterocycles. The van der Waals surface area contributed by atoms with Crippen molar-refractivity contribution in [3.8, 4) is 0 Å². The van der Waals surface area contributed by atoms with Gasteiger partial charge in [0.2, 0.25) is 11.8 Å². The van der Waals surface area contributed by atoms with Gasteiger partial charge in [-0.05, 0) is 12.3 Å². The Morgan fingerprint density at radius 3 is 2.55 bits per heavy atom. The molecule has 0 spiro atoms. The highest BCUT2D eigenvalue weighted by Gasteiger charge is 2.35. The van der Waals surface area contributed by atoms with Crippen LogP contribution in [0.15, 0.2) is 0 Å². The number of nitrogens with one attached hydrogen (secondary N) is 1. The number of nitrogens with zero attached hydrogens (tertiary/aromatic N) is 1. The van der Waals surface area contributed by atoms with Crippen LogP contribution in [-0.4, -0.2) is 51.5 Å². The predicted octanol–water partition coefficient (Wildman–Crippen LogP) is 0.913. The Labute approximate surface area is 123 Å². The van der Waals surface area contributed by atoms with Crippen molar-refractivity contribution in [2.45, 2.75) is 45.7 Å². The highest BCUT2D eigenvalue weighted by atomic mass is 32.2. The van der Waals surface area contributed by atoms with Gasteiger partial charge in [-0.2, -0.15) is 0 Å². The second kappa shape index (κ2) is 7.52. The molecule has 6 nitrogen and oxygen atoms in total. The summed E-state index contributed by atoms with van der Waals surface area (Å²) in [6.45, 7) is 5.56. The lowest BCUT2D eigenvalue weighted by Gasteiger charge is -2.24. The van der Waals surface area contributed by atoms with E-state index in [0.29, 0.717) is 24.5 Å². The molecule has 1 fully saturated rings. The number of carbonyl (C=O) groups is 3. The lowest BCUT2D eigenvalue weighted by molar-refractivity contribution is -0.144. The van der Waals surface area contributed by atoms with E-state index in [0.717, 1.165) is 0 Å². The molecule has 1 aliphatic rings. The zero-order valence-electron chi connectivity index (χ0n) is 12.1. The summed E-state index contributed by atoms with van der Waals surface area (Å²) in [5.74, 6) is -0.303. The molecule has 1 rings (SSSR count). The number of rotatable bonds is 6. The molecule has 1 unspecified atom stereocenters. The minimum atomic E-state index is -1.04. The van der Waals surface area contributed by atoms with Crippen molar-refractivity contribution < 1.29 is 19.5 Å². The van der Waals surface area contributed by atoms with Crippen molar-refractivity contribution in [3.63, 3.8) is 0 Å². The van der Waals surface area contributed by atoms with Gasteiger partial charge >= 0.3 is 5.97 Å². The summed E-state index contributed by atoms with van der Waals surface area (Å²) in [6.07, 6.45) is 0.724. The van der Waals surface area contributed by atoms with Gasteiger partial charge in [-0.1, -0.05) is 20.8 Å². The van der Waals surface area contributed by atoms with Crippen molar-refractivity contribution >= 4 is 29.5 Å². The van der Waals surface area contributed by atoms with Crippen molar-refractivity contribution in [3.05, 3.63) is 0 Å². The van der Waals surface area contributed by atoms with Crippen LogP contribution in [0.4, 0.5) is 0 Å². The number of aliphatic carboxylic acids is 1. The standard InChI is InChI=1S/C13H22N2O4S/c1-4-11(16)15-7-20-6-10(15)12(17)14-9(13(18)19)5-8(2)3/h8-10H,4-7H2,1-3H3,(H,14,17)(H,18,19)/t9-,10?/m1/s1. The number of amides is 2. The van der Waals surface area contributed by atoms with Gasteiger partial charge in [-0.15, -0.1) is 11.8 Å². The second-order valence-electron chi connectivity index (χ2n) is 5.26. The molecule has 0 aromatic heterocycles. The largest absolute Gasteiger partial charge is 0.480 e. The number of carboxylic acids is 1. The lowest BCUT2D eigenvalue weighted by atomic mass is 10.0. The number of thioether (sulfide) groups is 1. The second-order valence-corrected chi connectivity index (χ2v) is 6.26. The maximum absolute atomic E-state index is 12.2. The molecule has 114 valence electrons. The third-order valence-electron chi connectivity index (χ3n) is 3.13. The van der Waals surface area contributed by atoms with Crippen LogP contribution in [0.5, 0.6) is 0 Å². The molecule has 2 amide bonds. The molecule has 20 heavy (non-hydrogen) atoms. The van der Waals surface area contributed by atoms with Gasteiger partial charge in [0.25, 0.3) is 0 Å². The normalized spacial score (nSPS) is 20.0.